The molecule has 0 bridgehead atoms. The van der Waals surface area contributed by atoms with Crippen molar-refractivity contribution in [3.05, 3.63) is 65.9 Å². The minimum absolute atomic E-state index is 0.163. The summed E-state index contributed by atoms with van der Waals surface area (Å²) in [5.74, 6) is 0.200. The van der Waals surface area contributed by atoms with Gasteiger partial charge in [-0.05, 0) is 43.2 Å². The first-order chi connectivity index (χ1) is 14.6. The number of carboxylic acid groups (broad SMARTS) is 1. The van der Waals surface area contributed by atoms with Crippen LogP contribution >= 0.6 is 0 Å². The Kier molecular flexibility index (Phi) is 10.3. The summed E-state index contributed by atoms with van der Waals surface area (Å²) in [5.41, 5.74) is 4.53. The number of aromatic carboxylic acids is 1. The fourth-order valence-corrected chi connectivity index (χ4v) is 2.68. The molecule has 0 aromatic heterocycles. The predicted octanol–water partition coefficient (Wildman–Crippen LogP) is 5.65. The lowest BCUT2D eigenvalue weighted by molar-refractivity contribution is 0.0696. The van der Waals surface area contributed by atoms with Crippen molar-refractivity contribution in [1.82, 2.24) is 5.48 Å². The molecule has 0 heterocycles. The molecule has 2 N–H and O–H groups in total. The molecule has 2 rings (SSSR count). The van der Waals surface area contributed by atoms with E-state index >= 15 is 0 Å². The Bertz CT molecular complexity index is 819. The molecule has 0 spiro atoms. The SMILES string of the molecule is CCCCCCOc1cccc(C(=COc2cccc(C(=O)O)c2)NOCCC)c1. The van der Waals surface area contributed by atoms with Crippen molar-refractivity contribution in [2.45, 2.75) is 46.0 Å². The average molecular weight is 414 g/mol. The van der Waals surface area contributed by atoms with Gasteiger partial charge in [0.05, 0.1) is 18.8 Å². The zero-order chi connectivity index (χ0) is 21.6. The smallest absolute Gasteiger partial charge is 0.335 e. The minimum atomic E-state index is -1.00. The van der Waals surface area contributed by atoms with Crippen LogP contribution in [0.25, 0.3) is 5.70 Å². The highest BCUT2D eigenvalue weighted by atomic mass is 16.6. The third-order valence-corrected chi connectivity index (χ3v) is 4.29. The van der Waals surface area contributed by atoms with Gasteiger partial charge < -0.3 is 14.6 Å². The molecule has 6 heteroatoms. The topological polar surface area (TPSA) is 77.0 Å². The maximum absolute atomic E-state index is 11.2. The van der Waals surface area contributed by atoms with E-state index in [0.29, 0.717) is 24.7 Å². The summed E-state index contributed by atoms with van der Waals surface area (Å²) >= 11 is 0. The van der Waals surface area contributed by atoms with Crippen LogP contribution in [0, 0.1) is 0 Å². The molecular formula is C24H31NO5. The van der Waals surface area contributed by atoms with Crippen LogP contribution in [0.1, 0.15) is 61.9 Å². The standard InChI is InChI=1S/C24H31NO5/c1-3-5-6-7-15-28-21-12-8-10-19(16-21)23(25-30-14-4-2)18-29-22-13-9-11-20(17-22)24(26)27/h8-13,16-18,25H,3-7,14-15H2,1-2H3,(H,26,27). The predicted molar refractivity (Wildman–Crippen MR) is 117 cm³/mol. The van der Waals surface area contributed by atoms with Crippen molar-refractivity contribution in [1.29, 1.82) is 0 Å². The summed E-state index contributed by atoms with van der Waals surface area (Å²) in [7, 11) is 0. The van der Waals surface area contributed by atoms with Crippen LogP contribution in [0.3, 0.4) is 0 Å². The highest BCUT2D eigenvalue weighted by Crippen LogP contribution is 2.21. The Balaban J connectivity index is 2.11. The lowest BCUT2D eigenvalue weighted by Crippen LogP contribution is -2.14. The number of hydrogen-bond donors (Lipinski definition) is 2. The molecule has 2 aromatic rings. The van der Waals surface area contributed by atoms with Gasteiger partial charge >= 0.3 is 5.97 Å². The number of carbonyl (C=O) groups is 1. The fraction of sp³-hybridized carbons (Fsp3) is 0.375. The van der Waals surface area contributed by atoms with Gasteiger partial charge in [0.1, 0.15) is 23.5 Å². The second kappa shape index (κ2) is 13.3. The van der Waals surface area contributed by atoms with Gasteiger partial charge in [0, 0.05) is 5.56 Å². The molecule has 0 aliphatic heterocycles. The Morgan fingerprint density at radius 1 is 0.933 bits per heavy atom. The fourth-order valence-electron chi connectivity index (χ4n) is 2.68. The zero-order valence-electron chi connectivity index (χ0n) is 17.7. The maximum Gasteiger partial charge on any atom is 0.335 e. The number of unbranched alkanes of at least 4 members (excludes halogenated alkanes) is 3. The highest BCUT2D eigenvalue weighted by molar-refractivity contribution is 5.88. The van der Waals surface area contributed by atoms with E-state index < -0.39 is 5.97 Å². The van der Waals surface area contributed by atoms with E-state index in [1.54, 1.807) is 12.1 Å². The van der Waals surface area contributed by atoms with Crippen LogP contribution in [-0.4, -0.2) is 24.3 Å². The van der Waals surface area contributed by atoms with E-state index in [9.17, 15) is 4.79 Å². The third-order valence-electron chi connectivity index (χ3n) is 4.29. The Hall–Kier alpha value is -2.99. The van der Waals surface area contributed by atoms with Crippen LogP contribution in [0.5, 0.6) is 11.5 Å². The second-order valence-electron chi connectivity index (χ2n) is 6.87. The Morgan fingerprint density at radius 2 is 1.67 bits per heavy atom. The van der Waals surface area contributed by atoms with Gasteiger partial charge in [0.2, 0.25) is 0 Å². The van der Waals surface area contributed by atoms with Crippen molar-refractivity contribution in [2.24, 2.45) is 0 Å². The second-order valence-corrected chi connectivity index (χ2v) is 6.87. The van der Waals surface area contributed by atoms with E-state index in [1.165, 1.54) is 31.2 Å². The van der Waals surface area contributed by atoms with Crippen molar-refractivity contribution in [3.8, 4) is 11.5 Å². The van der Waals surface area contributed by atoms with E-state index in [1.807, 2.05) is 31.2 Å². The van der Waals surface area contributed by atoms with Gasteiger partial charge in [-0.25, -0.2) is 4.79 Å². The van der Waals surface area contributed by atoms with Crippen LogP contribution in [-0.2, 0) is 4.84 Å². The summed E-state index contributed by atoms with van der Waals surface area (Å²) in [5, 5.41) is 9.14. The van der Waals surface area contributed by atoms with E-state index in [0.717, 1.165) is 30.6 Å². The summed E-state index contributed by atoms with van der Waals surface area (Å²) in [6.45, 7) is 5.43. The molecular weight excluding hydrogens is 382 g/mol. The lowest BCUT2D eigenvalue weighted by atomic mass is 10.1. The number of nitrogens with one attached hydrogen (secondary N) is 1. The van der Waals surface area contributed by atoms with Crippen molar-refractivity contribution < 1.29 is 24.2 Å². The van der Waals surface area contributed by atoms with Crippen LogP contribution in [0.15, 0.2) is 54.8 Å². The Morgan fingerprint density at radius 3 is 2.40 bits per heavy atom. The van der Waals surface area contributed by atoms with Gasteiger partial charge in [-0.1, -0.05) is 51.3 Å². The van der Waals surface area contributed by atoms with E-state index in [-0.39, 0.29) is 5.56 Å². The normalized spacial score (nSPS) is 11.2. The Labute approximate surface area is 178 Å². The number of hydroxylamine groups is 1. The first-order valence-corrected chi connectivity index (χ1v) is 10.4. The van der Waals surface area contributed by atoms with Crippen molar-refractivity contribution in [2.75, 3.05) is 13.2 Å². The van der Waals surface area contributed by atoms with Gasteiger partial charge in [0.15, 0.2) is 0 Å². The largest absolute Gasteiger partial charge is 0.494 e. The molecule has 0 unspecified atom stereocenters. The van der Waals surface area contributed by atoms with Crippen LogP contribution in [0.2, 0.25) is 0 Å². The van der Waals surface area contributed by atoms with Gasteiger partial charge in [-0.2, -0.15) is 0 Å². The summed E-state index contributed by atoms with van der Waals surface area (Å²) < 4.78 is 11.6. The van der Waals surface area contributed by atoms with Gasteiger partial charge in [-0.3, -0.25) is 10.3 Å². The molecule has 0 saturated heterocycles. The van der Waals surface area contributed by atoms with Crippen LogP contribution < -0.4 is 15.0 Å². The number of hydrogen-bond acceptors (Lipinski definition) is 5. The molecule has 30 heavy (non-hydrogen) atoms. The molecule has 6 nitrogen and oxygen atoms in total. The van der Waals surface area contributed by atoms with E-state index in [4.69, 9.17) is 19.4 Å². The molecule has 0 atom stereocenters. The summed E-state index contributed by atoms with van der Waals surface area (Å²) in [6.07, 6.45) is 6.98. The first-order valence-electron chi connectivity index (χ1n) is 10.4. The number of ether oxygens (including phenoxy) is 2. The third kappa shape index (κ3) is 8.17. The van der Waals surface area contributed by atoms with Crippen molar-refractivity contribution >= 4 is 11.7 Å². The monoisotopic (exact) mass is 413 g/mol. The quantitative estimate of drug-likeness (QED) is 0.237. The molecule has 0 amide bonds. The van der Waals surface area contributed by atoms with E-state index in [2.05, 4.69) is 12.4 Å². The van der Waals surface area contributed by atoms with Gasteiger partial charge in [-0.15, -0.1) is 0 Å². The lowest BCUT2D eigenvalue weighted by Gasteiger charge is -2.13. The van der Waals surface area contributed by atoms with Crippen molar-refractivity contribution in [3.63, 3.8) is 0 Å². The maximum atomic E-state index is 11.2. The number of carboxylic acids is 1. The molecule has 2 aromatic carbocycles. The number of benzene rings is 2. The zero-order valence-corrected chi connectivity index (χ0v) is 17.7. The molecule has 0 saturated carbocycles. The highest BCUT2D eigenvalue weighted by Gasteiger charge is 2.07. The van der Waals surface area contributed by atoms with Crippen LogP contribution in [0.4, 0.5) is 0 Å². The first kappa shape index (κ1) is 23.3. The molecule has 162 valence electrons. The average Bonchev–Trinajstić information content (AvgIpc) is 2.76. The number of rotatable bonds is 14. The minimum Gasteiger partial charge on any atom is -0.494 e. The molecule has 0 radical (unpaired) electrons. The summed E-state index contributed by atoms with van der Waals surface area (Å²) in [4.78, 5) is 16.6. The van der Waals surface area contributed by atoms with Gasteiger partial charge in [0.25, 0.3) is 0 Å². The molecule has 0 aliphatic carbocycles. The summed E-state index contributed by atoms with van der Waals surface area (Å²) in [6, 6.07) is 14.0. The molecule has 0 fully saturated rings. The molecule has 0 aliphatic rings.